The number of hydrazine groups is 1. The van der Waals surface area contributed by atoms with Gasteiger partial charge in [-0.1, -0.05) is 24.3 Å². The Morgan fingerprint density at radius 2 is 1.88 bits per heavy atom. The monoisotopic (exact) mass is 356 g/mol. The van der Waals surface area contributed by atoms with Crippen molar-refractivity contribution in [1.29, 1.82) is 0 Å². The van der Waals surface area contributed by atoms with Gasteiger partial charge in [0, 0.05) is 10.9 Å². The number of fused-ring (bicyclic) bond motifs is 1. The van der Waals surface area contributed by atoms with Crippen LogP contribution in [0.4, 0.5) is 4.39 Å². The molecule has 1 aromatic heterocycles. The lowest BCUT2D eigenvalue weighted by molar-refractivity contribution is -0.129. The van der Waals surface area contributed by atoms with Gasteiger partial charge in [-0.3, -0.25) is 20.4 Å². The molecule has 3 rings (SSSR count). The van der Waals surface area contributed by atoms with Gasteiger partial charge < -0.3 is 9.15 Å². The van der Waals surface area contributed by atoms with Crippen LogP contribution in [-0.4, -0.2) is 18.4 Å². The van der Waals surface area contributed by atoms with Gasteiger partial charge in [0.1, 0.15) is 5.58 Å². The van der Waals surface area contributed by atoms with Crippen molar-refractivity contribution in [2.24, 2.45) is 0 Å². The highest BCUT2D eigenvalue weighted by Crippen LogP contribution is 2.22. The average Bonchev–Trinajstić information content (AvgIpc) is 3.01. The average molecular weight is 356 g/mol. The summed E-state index contributed by atoms with van der Waals surface area (Å²) in [6.45, 7) is 1.53. The van der Waals surface area contributed by atoms with E-state index in [0.29, 0.717) is 11.1 Å². The minimum atomic E-state index is -0.603. The Morgan fingerprint density at radius 3 is 2.69 bits per heavy atom. The maximum atomic E-state index is 13.4. The van der Waals surface area contributed by atoms with E-state index in [1.54, 1.807) is 6.07 Å². The molecule has 0 aliphatic carbocycles. The van der Waals surface area contributed by atoms with Crippen LogP contribution >= 0.6 is 0 Å². The summed E-state index contributed by atoms with van der Waals surface area (Å²) in [4.78, 5) is 23.7. The van der Waals surface area contributed by atoms with Crippen LogP contribution in [0.15, 0.2) is 53.1 Å². The van der Waals surface area contributed by atoms with Gasteiger partial charge in [0.25, 0.3) is 5.91 Å². The molecule has 0 bridgehead atoms. The summed E-state index contributed by atoms with van der Waals surface area (Å²) in [5, 5.41) is 0.847. The normalized spacial score (nSPS) is 10.5. The molecule has 26 heavy (non-hydrogen) atoms. The predicted octanol–water partition coefficient (Wildman–Crippen LogP) is 2.65. The number of amides is 2. The van der Waals surface area contributed by atoms with Crippen LogP contribution < -0.4 is 15.6 Å². The van der Waals surface area contributed by atoms with Crippen LogP contribution in [0.5, 0.6) is 5.75 Å². The number of para-hydroxylation sites is 1. The van der Waals surface area contributed by atoms with Crippen LogP contribution in [0, 0.1) is 12.7 Å². The second-order valence-corrected chi connectivity index (χ2v) is 5.75. The Bertz CT molecular complexity index is 952. The standard InChI is InChI=1S/C19H17FN2O4/c1-12-6-7-14-13(10-25-17(14)8-12)9-18(23)21-22-19(24)11-26-16-5-3-2-4-15(16)20/h2-8,10H,9,11H2,1H3,(H,21,23)(H,22,24). The lowest BCUT2D eigenvalue weighted by Gasteiger charge is -2.09. The number of nitrogens with one attached hydrogen (secondary N) is 2. The third kappa shape index (κ3) is 4.18. The minimum Gasteiger partial charge on any atom is -0.481 e. The first-order valence-corrected chi connectivity index (χ1v) is 7.94. The van der Waals surface area contributed by atoms with Crippen LogP contribution in [0.1, 0.15) is 11.1 Å². The largest absolute Gasteiger partial charge is 0.481 e. The van der Waals surface area contributed by atoms with Crippen LogP contribution in [0.3, 0.4) is 0 Å². The second kappa shape index (κ2) is 7.69. The summed E-state index contributed by atoms with van der Waals surface area (Å²) in [6.07, 6.45) is 1.57. The summed E-state index contributed by atoms with van der Waals surface area (Å²) in [7, 11) is 0. The molecule has 6 nitrogen and oxygen atoms in total. The Labute approximate surface area is 148 Å². The van der Waals surface area contributed by atoms with E-state index in [9.17, 15) is 14.0 Å². The van der Waals surface area contributed by atoms with Gasteiger partial charge >= 0.3 is 0 Å². The molecule has 0 fully saturated rings. The molecule has 1 heterocycles. The number of benzene rings is 2. The Kier molecular flexibility index (Phi) is 5.17. The van der Waals surface area contributed by atoms with E-state index >= 15 is 0 Å². The second-order valence-electron chi connectivity index (χ2n) is 5.75. The fourth-order valence-corrected chi connectivity index (χ4v) is 2.43. The summed E-state index contributed by atoms with van der Waals surface area (Å²) in [5.41, 5.74) is 7.00. The molecule has 0 unspecified atom stereocenters. The zero-order valence-electron chi connectivity index (χ0n) is 14.0. The number of rotatable bonds is 5. The first kappa shape index (κ1) is 17.5. The smallest absolute Gasteiger partial charge is 0.276 e. The van der Waals surface area contributed by atoms with E-state index in [1.165, 1.54) is 24.5 Å². The first-order valence-electron chi connectivity index (χ1n) is 7.94. The van der Waals surface area contributed by atoms with Gasteiger partial charge in [-0.25, -0.2) is 4.39 Å². The Balaban J connectivity index is 1.49. The van der Waals surface area contributed by atoms with Crippen molar-refractivity contribution in [2.45, 2.75) is 13.3 Å². The molecule has 2 aromatic carbocycles. The molecule has 134 valence electrons. The van der Waals surface area contributed by atoms with Gasteiger partial charge in [-0.05, 0) is 30.7 Å². The highest BCUT2D eigenvalue weighted by atomic mass is 19.1. The number of halogens is 1. The lowest BCUT2D eigenvalue weighted by Crippen LogP contribution is -2.44. The molecule has 0 saturated heterocycles. The number of aryl methyl sites for hydroxylation is 1. The van der Waals surface area contributed by atoms with Crippen LogP contribution in [0.2, 0.25) is 0 Å². The van der Waals surface area contributed by atoms with Crippen molar-refractivity contribution in [3.05, 3.63) is 65.7 Å². The van der Waals surface area contributed by atoms with Gasteiger partial charge in [0.15, 0.2) is 18.2 Å². The molecule has 0 saturated carbocycles. The quantitative estimate of drug-likeness (QED) is 0.689. The number of ether oxygens (including phenoxy) is 1. The number of furan rings is 1. The SMILES string of the molecule is Cc1ccc2c(CC(=O)NNC(=O)COc3ccccc3F)coc2c1. The van der Waals surface area contributed by atoms with Gasteiger partial charge in [0.05, 0.1) is 12.7 Å². The molecule has 7 heteroatoms. The summed E-state index contributed by atoms with van der Waals surface area (Å²) >= 11 is 0. The van der Waals surface area contributed by atoms with E-state index in [0.717, 1.165) is 10.9 Å². The Hall–Kier alpha value is -3.35. The number of carbonyl (C=O) groups is 2. The van der Waals surface area contributed by atoms with Crippen molar-refractivity contribution in [3.8, 4) is 5.75 Å². The van der Waals surface area contributed by atoms with Gasteiger partial charge in [0.2, 0.25) is 5.91 Å². The number of hydrogen-bond donors (Lipinski definition) is 2. The Morgan fingerprint density at radius 1 is 1.12 bits per heavy atom. The van der Waals surface area contributed by atoms with Crippen molar-refractivity contribution in [2.75, 3.05) is 6.61 Å². The highest BCUT2D eigenvalue weighted by molar-refractivity contribution is 5.89. The first-order chi connectivity index (χ1) is 12.5. The minimum absolute atomic E-state index is 0.0332. The maximum Gasteiger partial charge on any atom is 0.276 e. The van der Waals surface area contributed by atoms with Crippen molar-refractivity contribution in [3.63, 3.8) is 0 Å². The van der Waals surface area contributed by atoms with E-state index in [1.807, 2.05) is 25.1 Å². The summed E-state index contributed by atoms with van der Waals surface area (Å²) in [6, 6.07) is 11.5. The van der Waals surface area contributed by atoms with Crippen LogP contribution in [-0.2, 0) is 16.0 Å². The van der Waals surface area contributed by atoms with Crippen LogP contribution in [0.25, 0.3) is 11.0 Å². The van der Waals surface area contributed by atoms with Crippen molar-refractivity contribution in [1.82, 2.24) is 10.9 Å². The molecule has 0 spiro atoms. The molecule has 2 N–H and O–H groups in total. The lowest BCUT2D eigenvalue weighted by atomic mass is 10.1. The van der Waals surface area contributed by atoms with E-state index in [2.05, 4.69) is 10.9 Å². The zero-order chi connectivity index (χ0) is 18.5. The van der Waals surface area contributed by atoms with E-state index in [4.69, 9.17) is 9.15 Å². The number of carbonyl (C=O) groups excluding carboxylic acids is 2. The molecule has 0 aliphatic rings. The topological polar surface area (TPSA) is 80.6 Å². The fourth-order valence-electron chi connectivity index (χ4n) is 2.43. The van der Waals surface area contributed by atoms with Crippen molar-refractivity contribution < 1.29 is 23.1 Å². The third-order valence-corrected chi connectivity index (χ3v) is 3.70. The fraction of sp³-hybridized carbons (Fsp3) is 0.158. The number of hydrogen-bond acceptors (Lipinski definition) is 4. The summed E-state index contributed by atoms with van der Waals surface area (Å²) in [5.74, 6) is -1.61. The maximum absolute atomic E-state index is 13.4. The highest BCUT2D eigenvalue weighted by Gasteiger charge is 2.12. The molecule has 3 aromatic rings. The molecule has 2 amide bonds. The zero-order valence-corrected chi connectivity index (χ0v) is 14.0. The molecule has 0 radical (unpaired) electrons. The van der Waals surface area contributed by atoms with Crippen molar-refractivity contribution >= 4 is 22.8 Å². The van der Waals surface area contributed by atoms with E-state index in [-0.39, 0.29) is 12.2 Å². The third-order valence-electron chi connectivity index (χ3n) is 3.70. The van der Waals surface area contributed by atoms with Gasteiger partial charge in [-0.2, -0.15) is 0 Å². The molecular weight excluding hydrogens is 339 g/mol. The van der Waals surface area contributed by atoms with E-state index < -0.39 is 24.2 Å². The van der Waals surface area contributed by atoms with Gasteiger partial charge in [-0.15, -0.1) is 0 Å². The summed E-state index contributed by atoms with van der Waals surface area (Å²) < 4.78 is 23.9. The predicted molar refractivity (Wildman–Crippen MR) is 92.8 cm³/mol. The molecule has 0 atom stereocenters. The molecular formula is C19H17FN2O4. The molecule has 0 aliphatic heterocycles.